The van der Waals surface area contributed by atoms with E-state index in [4.69, 9.17) is 4.42 Å². The Morgan fingerprint density at radius 2 is 2.04 bits per heavy atom. The van der Waals surface area contributed by atoms with Crippen molar-refractivity contribution in [1.29, 1.82) is 0 Å². The first-order valence-corrected chi connectivity index (χ1v) is 8.61. The number of nitrogens with one attached hydrogen (secondary N) is 1. The van der Waals surface area contributed by atoms with E-state index in [0.717, 1.165) is 0 Å². The molecule has 6 heteroatoms. The van der Waals surface area contributed by atoms with Crippen molar-refractivity contribution in [3.8, 4) is 0 Å². The van der Waals surface area contributed by atoms with Crippen molar-refractivity contribution in [2.75, 3.05) is 12.4 Å². The molecule has 3 rings (SSSR count). The van der Waals surface area contributed by atoms with Crippen molar-refractivity contribution >= 4 is 22.8 Å². The summed E-state index contributed by atoms with van der Waals surface area (Å²) < 4.78 is 6.61. The number of benzene rings is 1. The molecule has 130 valence electrons. The van der Waals surface area contributed by atoms with Gasteiger partial charge in [-0.3, -0.25) is 4.57 Å². The van der Waals surface area contributed by atoms with E-state index in [0.29, 0.717) is 22.7 Å². The fourth-order valence-electron chi connectivity index (χ4n) is 3.54. The van der Waals surface area contributed by atoms with Crippen molar-refractivity contribution in [3.63, 3.8) is 0 Å². The van der Waals surface area contributed by atoms with Gasteiger partial charge in [-0.1, -0.05) is 19.3 Å². The molecule has 1 aromatic heterocycles. The van der Waals surface area contributed by atoms with Crippen LogP contribution in [0.3, 0.4) is 0 Å². The number of anilines is 1. The molecule has 1 N–H and O–H groups in total. The molecule has 0 bridgehead atoms. The van der Waals surface area contributed by atoms with Crippen molar-refractivity contribution in [2.45, 2.75) is 45.1 Å². The fourth-order valence-corrected chi connectivity index (χ4v) is 3.54. The maximum atomic E-state index is 12.5. The molecular formula is C18H25N3O3. The Kier molecular flexibility index (Phi) is 4.64. The highest BCUT2D eigenvalue weighted by Gasteiger charge is 2.26. The van der Waals surface area contributed by atoms with Gasteiger partial charge in [0.15, 0.2) is 5.58 Å². The zero-order valence-corrected chi connectivity index (χ0v) is 14.5. The molecule has 0 spiro atoms. The number of urea groups is 1. The van der Waals surface area contributed by atoms with E-state index in [-0.39, 0.29) is 12.1 Å². The van der Waals surface area contributed by atoms with Crippen LogP contribution in [0.15, 0.2) is 27.4 Å². The molecule has 24 heavy (non-hydrogen) atoms. The topological polar surface area (TPSA) is 67.5 Å². The number of aromatic nitrogens is 1. The summed E-state index contributed by atoms with van der Waals surface area (Å²) in [6.45, 7) is 2.12. The largest absolute Gasteiger partial charge is 0.419 e. The van der Waals surface area contributed by atoms with Crippen LogP contribution in [0, 0.1) is 5.92 Å². The lowest BCUT2D eigenvalue weighted by atomic mass is 9.84. The number of hydrogen-bond donors (Lipinski definition) is 1. The first-order chi connectivity index (χ1) is 11.5. The molecule has 1 aliphatic carbocycles. The third kappa shape index (κ3) is 3.18. The van der Waals surface area contributed by atoms with Crippen LogP contribution >= 0.6 is 0 Å². The standard InChI is InChI=1S/C18H25N3O3/c1-12(13-7-5-4-6-8-13)20(2)17(22)19-14-9-10-15-16(11-14)24-18(23)21(15)3/h9-13H,4-8H2,1-3H3,(H,19,22)/t12-/m1/s1. The molecule has 1 aromatic carbocycles. The summed E-state index contributed by atoms with van der Waals surface area (Å²) in [5.41, 5.74) is 1.81. The normalized spacial score (nSPS) is 17.0. The van der Waals surface area contributed by atoms with Gasteiger partial charge in [-0.15, -0.1) is 0 Å². The summed E-state index contributed by atoms with van der Waals surface area (Å²) in [6, 6.07) is 5.33. The van der Waals surface area contributed by atoms with E-state index in [9.17, 15) is 9.59 Å². The van der Waals surface area contributed by atoms with Gasteiger partial charge < -0.3 is 14.6 Å². The van der Waals surface area contributed by atoms with E-state index in [1.165, 1.54) is 36.7 Å². The molecule has 2 aromatic rings. The maximum Gasteiger partial charge on any atom is 0.419 e. The number of oxazole rings is 1. The number of hydrogen-bond acceptors (Lipinski definition) is 3. The van der Waals surface area contributed by atoms with Gasteiger partial charge in [0.2, 0.25) is 0 Å². The molecule has 1 fully saturated rings. The molecule has 1 aliphatic rings. The van der Waals surface area contributed by atoms with Gasteiger partial charge in [-0.2, -0.15) is 0 Å². The van der Waals surface area contributed by atoms with E-state index >= 15 is 0 Å². The van der Waals surface area contributed by atoms with Crippen LogP contribution in [0.25, 0.3) is 11.1 Å². The predicted octanol–water partition coefficient (Wildman–Crippen LogP) is 3.56. The third-order valence-corrected chi connectivity index (χ3v) is 5.31. The summed E-state index contributed by atoms with van der Waals surface area (Å²) in [4.78, 5) is 25.8. The molecular weight excluding hydrogens is 306 g/mol. The van der Waals surface area contributed by atoms with Crippen LogP contribution in [0.4, 0.5) is 10.5 Å². The lowest BCUT2D eigenvalue weighted by molar-refractivity contribution is 0.167. The number of nitrogens with zero attached hydrogens (tertiary/aromatic N) is 2. The number of carbonyl (C=O) groups excluding carboxylic acids is 1. The lowest BCUT2D eigenvalue weighted by Crippen LogP contribution is -2.42. The van der Waals surface area contributed by atoms with Crippen LogP contribution in [0.5, 0.6) is 0 Å². The number of carbonyl (C=O) groups is 1. The van der Waals surface area contributed by atoms with Gasteiger partial charge >= 0.3 is 11.8 Å². The van der Waals surface area contributed by atoms with Crippen LogP contribution in [-0.2, 0) is 7.05 Å². The summed E-state index contributed by atoms with van der Waals surface area (Å²) in [6.07, 6.45) is 6.21. The molecule has 1 atom stereocenters. The Labute approximate surface area is 141 Å². The number of amides is 2. The zero-order chi connectivity index (χ0) is 17.3. The minimum Gasteiger partial charge on any atom is -0.408 e. The third-order valence-electron chi connectivity index (χ3n) is 5.31. The van der Waals surface area contributed by atoms with Crippen molar-refractivity contribution in [2.24, 2.45) is 13.0 Å². The van der Waals surface area contributed by atoms with E-state index < -0.39 is 5.76 Å². The van der Waals surface area contributed by atoms with Crippen molar-refractivity contribution in [1.82, 2.24) is 9.47 Å². The summed E-state index contributed by atoms with van der Waals surface area (Å²) >= 11 is 0. The highest BCUT2D eigenvalue weighted by molar-refractivity contribution is 5.91. The van der Waals surface area contributed by atoms with Crippen LogP contribution in [-0.4, -0.2) is 28.6 Å². The summed E-state index contributed by atoms with van der Waals surface area (Å²) in [7, 11) is 3.50. The van der Waals surface area contributed by atoms with Crippen LogP contribution in [0.2, 0.25) is 0 Å². The number of aryl methyl sites for hydroxylation is 1. The molecule has 1 saturated carbocycles. The maximum absolute atomic E-state index is 12.5. The van der Waals surface area contributed by atoms with Crippen LogP contribution in [0.1, 0.15) is 39.0 Å². The number of fused-ring (bicyclic) bond motifs is 1. The molecule has 0 saturated heterocycles. The van der Waals surface area contributed by atoms with Gasteiger partial charge in [-0.05, 0) is 37.8 Å². The fraction of sp³-hybridized carbons (Fsp3) is 0.556. The first-order valence-electron chi connectivity index (χ1n) is 8.61. The highest BCUT2D eigenvalue weighted by Crippen LogP contribution is 2.28. The van der Waals surface area contributed by atoms with Gasteiger partial charge in [0.25, 0.3) is 0 Å². The minimum atomic E-state index is -0.406. The highest BCUT2D eigenvalue weighted by atomic mass is 16.4. The van der Waals surface area contributed by atoms with Crippen molar-refractivity contribution < 1.29 is 9.21 Å². The Morgan fingerprint density at radius 1 is 1.33 bits per heavy atom. The average Bonchev–Trinajstić information content (AvgIpc) is 2.88. The Balaban J connectivity index is 1.70. The van der Waals surface area contributed by atoms with E-state index in [1.807, 2.05) is 7.05 Å². The zero-order valence-electron chi connectivity index (χ0n) is 14.5. The second-order valence-corrected chi connectivity index (χ2v) is 6.79. The average molecular weight is 331 g/mol. The molecule has 0 unspecified atom stereocenters. The monoisotopic (exact) mass is 331 g/mol. The summed E-state index contributed by atoms with van der Waals surface area (Å²) in [5, 5.41) is 2.90. The lowest BCUT2D eigenvalue weighted by Gasteiger charge is -2.34. The first kappa shape index (κ1) is 16.6. The quantitative estimate of drug-likeness (QED) is 0.935. The smallest absolute Gasteiger partial charge is 0.408 e. The molecule has 1 heterocycles. The van der Waals surface area contributed by atoms with E-state index in [1.54, 1.807) is 30.1 Å². The van der Waals surface area contributed by atoms with Gasteiger partial charge in [0, 0.05) is 31.9 Å². The van der Waals surface area contributed by atoms with Crippen molar-refractivity contribution in [3.05, 3.63) is 28.7 Å². The molecule has 0 aliphatic heterocycles. The van der Waals surface area contributed by atoms with Gasteiger partial charge in [0.1, 0.15) is 0 Å². The second kappa shape index (κ2) is 6.71. The SMILES string of the molecule is C[C@H](C1CCCCC1)N(C)C(=O)Nc1ccc2c(c1)oc(=O)n2C. The molecule has 6 nitrogen and oxygen atoms in total. The Hall–Kier alpha value is -2.24. The molecule has 2 amide bonds. The van der Waals surface area contributed by atoms with Gasteiger partial charge in [-0.25, -0.2) is 9.59 Å². The molecule has 0 radical (unpaired) electrons. The van der Waals surface area contributed by atoms with Crippen LogP contribution < -0.4 is 11.1 Å². The second-order valence-electron chi connectivity index (χ2n) is 6.79. The number of rotatable bonds is 3. The van der Waals surface area contributed by atoms with E-state index in [2.05, 4.69) is 12.2 Å². The van der Waals surface area contributed by atoms with Gasteiger partial charge in [0.05, 0.1) is 5.52 Å². The minimum absolute atomic E-state index is 0.134. The predicted molar refractivity (Wildman–Crippen MR) is 94.3 cm³/mol. The Morgan fingerprint density at radius 3 is 2.75 bits per heavy atom. The Bertz CT molecular complexity index is 786. The summed E-state index contributed by atoms with van der Waals surface area (Å²) in [5.74, 6) is 0.167.